The smallest absolute Gasteiger partial charge is 0.228 e. The number of amides is 1. The van der Waals surface area contributed by atoms with Crippen molar-refractivity contribution >= 4 is 11.6 Å². The van der Waals surface area contributed by atoms with Gasteiger partial charge >= 0.3 is 0 Å². The van der Waals surface area contributed by atoms with Crippen LogP contribution in [0.2, 0.25) is 0 Å². The second-order valence-corrected chi connectivity index (χ2v) is 4.79. The molecular formula is C13H19N3O2. The highest BCUT2D eigenvalue weighted by atomic mass is 16.3. The van der Waals surface area contributed by atoms with Crippen LogP contribution >= 0.6 is 0 Å². The Kier molecular flexibility index (Phi) is 4.15. The number of nitrogen functional groups attached to an aromatic ring is 1. The van der Waals surface area contributed by atoms with E-state index < -0.39 is 0 Å². The Hall–Kier alpha value is -1.62. The molecule has 1 aromatic rings. The van der Waals surface area contributed by atoms with Crippen LogP contribution in [0.15, 0.2) is 18.3 Å². The number of rotatable bonds is 3. The molecule has 0 bridgehead atoms. The highest BCUT2D eigenvalue weighted by Gasteiger charge is 2.23. The Morgan fingerprint density at radius 3 is 3.06 bits per heavy atom. The normalized spacial score (nSPS) is 19.8. The molecule has 2 rings (SSSR count). The molecule has 0 aliphatic carbocycles. The number of hydrogen-bond acceptors (Lipinski definition) is 4. The second-order valence-electron chi connectivity index (χ2n) is 4.79. The summed E-state index contributed by atoms with van der Waals surface area (Å²) in [6, 6.07) is 3.53. The summed E-state index contributed by atoms with van der Waals surface area (Å²) in [6.45, 7) is 1.60. The Morgan fingerprint density at radius 1 is 1.56 bits per heavy atom. The molecule has 98 valence electrons. The summed E-state index contributed by atoms with van der Waals surface area (Å²) in [6.07, 6.45) is 3.83. The third-order valence-electron chi connectivity index (χ3n) is 3.31. The number of piperidine rings is 1. The van der Waals surface area contributed by atoms with Crippen LogP contribution in [-0.2, 0) is 11.2 Å². The minimum absolute atomic E-state index is 0.0745. The fourth-order valence-corrected chi connectivity index (χ4v) is 2.25. The number of anilines is 1. The lowest BCUT2D eigenvalue weighted by molar-refractivity contribution is -0.132. The standard InChI is InChI=1S/C13H19N3O2/c14-11-3-4-12(15-7-11)6-13(18)16-5-1-2-10(8-16)9-17/h3-4,7,10,17H,1-2,5-6,8-9,14H2. The van der Waals surface area contributed by atoms with Gasteiger partial charge in [-0.15, -0.1) is 0 Å². The number of carbonyl (C=O) groups excluding carboxylic acids is 1. The van der Waals surface area contributed by atoms with Gasteiger partial charge in [0.05, 0.1) is 18.3 Å². The first-order valence-corrected chi connectivity index (χ1v) is 6.28. The number of nitrogens with two attached hydrogens (primary N) is 1. The van der Waals surface area contributed by atoms with Gasteiger partial charge in [0, 0.05) is 25.4 Å². The van der Waals surface area contributed by atoms with Crippen LogP contribution in [-0.4, -0.2) is 40.6 Å². The van der Waals surface area contributed by atoms with E-state index in [1.165, 1.54) is 0 Å². The molecule has 1 aromatic heterocycles. The van der Waals surface area contributed by atoms with E-state index in [0.717, 1.165) is 25.1 Å². The first-order chi connectivity index (χ1) is 8.69. The number of aromatic nitrogens is 1. The van der Waals surface area contributed by atoms with Gasteiger partial charge in [-0.2, -0.15) is 0 Å². The molecular weight excluding hydrogens is 230 g/mol. The van der Waals surface area contributed by atoms with E-state index in [2.05, 4.69) is 4.98 Å². The molecule has 1 fully saturated rings. The lowest BCUT2D eigenvalue weighted by atomic mass is 9.98. The summed E-state index contributed by atoms with van der Waals surface area (Å²) in [7, 11) is 0. The van der Waals surface area contributed by atoms with Gasteiger partial charge < -0.3 is 15.7 Å². The maximum absolute atomic E-state index is 12.1. The molecule has 2 heterocycles. The zero-order valence-corrected chi connectivity index (χ0v) is 10.4. The summed E-state index contributed by atoms with van der Waals surface area (Å²) < 4.78 is 0. The predicted molar refractivity (Wildman–Crippen MR) is 68.7 cm³/mol. The van der Waals surface area contributed by atoms with Crippen molar-refractivity contribution in [1.29, 1.82) is 0 Å². The van der Waals surface area contributed by atoms with Crippen LogP contribution in [0.1, 0.15) is 18.5 Å². The Labute approximate surface area is 107 Å². The number of nitrogens with zero attached hydrogens (tertiary/aromatic N) is 2. The molecule has 1 aliphatic heterocycles. The van der Waals surface area contributed by atoms with E-state index >= 15 is 0 Å². The molecule has 3 N–H and O–H groups in total. The molecule has 0 radical (unpaired) electrons. The lowest BCUT2D eigenvalue weighted by Crippen LogP contribution is -2.41. The van der Waals surface area contributed by atoms with Crippen LogP contribution in [0.5, 0.6) is 0 Å². The van der Waals surface area contributed by atoms with E-state index in [-0.39, 0.29) is 18.4 Å². The highest BCUT2D eigenvalue weighted by Crippen LogP contribution is 2.16. The van der Waals surface area contributed by atoms with Crippen molar-refractivity contribution in [1.82, 2.24) is 9.88 Å². The van der Waals surface area contributed by atoms with Crippen molar-refractivity contribution in [3.05, 3.63) is 24.0 Å². The van der Waals surface area contributed by atoms with Gasteiger partial charge in [-0.3, -0.25) is 9.78 Å². The molecule has 1 unspecified atom stereocenters. The summed E-state index contributed by atoms with van der Waals surface area (Å²) in [5, 5.41) is 9.15. The molecule has 0 aromatic carbocycles. The fraction of sp³-hybridized carbons (Fsp3) is 0.538. The monoisotopic (exact) mass is 249 g/mol. The van der Waals surface area contributed by atoms with Gasteiger partial charge in [0.25, 0.3) is 0 Å². The van der Waals surface area contributed by atoms with Crippen LogP contribution in [0.4, 0.5) is 5.69 Å². The van der Waals surface area contributed by atoms with E-state index in [9.17, 15) is 4.79 Å². The maximum atomic E-state index is 12.1. The fourth-order valence-electron chi connectivity index (χ4n) is 2.25. The van der Waals surface area contributed by atoms with Crippen molar-refractivity contribution in [3.8, 4) is 0 Å². The Morgan fingerprint density at radius 2 is 2.39 bits per heavy atom. The topological polar surface area (TPSA) is 79.5 Å². The first kappa shape index (κ1) is 12.8. The second kappa shape index (κ2) is 5.82. The van der Waals surface area contributed by atoms with Crippen LogP contribution < -0.4 is 5.73 Å². The van der Waals surface area contributed by atoms with Gasteiger partial charge in [-0.05, 0) is 30.9 Å². The first-order valence-electron chi connectivity index (χ1n) is 6.28. The molecule has 0 saturated carbocycles. The summed E-state index contributed by atoms with van der Waals surface area (Å²) in [4.78, 5) is 18.0. The van der Waals surface area contributed by atoms with Crippen LogP contribution in [0.3, 0.4) is 0 Å². The maximum Gasteiger partial charge on any atom is 0.228 e. The quantitative estimate of drug-likeness (QED) is 0.814. The van der Waals surface area contributed by atoms with E-state index in [1.807, 2.05) is 4.90 Å². The van der Waals surface area contributed by atoms with Crippen molar-refractivity contribution in [2.24, 2.45) is 5.92 Å². The van der Waals surface area contributed by atoms with Crippen molar-refractivity contribution in [2.45, 2.75) is 19.3 Å². The minimum Gasteiger partial charge on any atom is -0.397 e. The minimum atomic E-state index is 0.0745. The summed E-state index contributed by atoms with van der Waals surface area (Å²) >= 11 is 0. The molecule has 1 atom stereocenters. The SMILES string of the molecule is Nc1ccc(CC(=O)N2CCCC(CO)C2)nc1. The van der Waals surface area contributed by atoms with Gasteiger partial charge in [-0.1, -0.05) is 0 Å². The van der Waals surface area contributed by atoms with Crippen molar-refractivity contribution in [3.63, 3.8) is 0 Å². The van der Waals surface area contributed by atoms with Gasteiger partial charge in [0.15, 0.2) is 0 Å². The van der Waals surface area contributed by atoms with Gasteiger partial charge in [0.2, 0.25) is 5.91 Å². The third-order valence-corrected chi connectivity index (χ3v) is 3.31. The van der Waals surface area contributed by atoms with Crippen LogP contribution in [0.25, 0.3) is 0 Å². The van der Waals surface area contributed by atoms with Gasteiger partial charge in [-0.25, -0.2) is 0 Å². The zero-order chi connectivity index (χ0) is 13.0. The zero-order valence-electron chi connectivity index (χ0n) is 10.4. The molecule has 1 amide bonds. The molecule has 5 heteroatoms. The molecule has 1 aliphatic rings. The number of aliphatic hydroxyl groups excluding tert-OH is 1. The Bertz CT molecular complexity index is 405. The molecule has 1 saturated heterocycles. The molecule has 5 nitrogen and oxygen atoms in total. The number of hydrogen-bond donors (Lipinski definition) is 2. The highest BCUT2D eigenvalue weighted by molar-refractivity contribution is 5.78. The van der Waals surface area contributed by atoms with Crippen LogP contribution in [0, 0.1) is 5.92 Å². The van der Waals surface area contributed by atoms with Crippen molar-refractivity contribution < 1.29 is 9.90 Å². The average molecular weight is 249 g/mol. The molecule has 18 heavy (non-hydrogen) atoms. The third kappa shape index (κ3) is 3.20. The number of likely N-dealkylation sites (tertiary alicyclic amines) is 1. The average Bonchev–Trinajstić information content (AvgIpc) is 2.41. The lowest BCUT2D eigenvalue weighted by Gasteiger charge is -2.31. The number of aliphatic hydroxyl groups is 1. The van der Waals surface area contributed by atoms with Gasteiger partial charge in [0.1, 0.15) is 0 Å². The number of carbonyl (C=O) groups is 1. The number of pyridine rings is 1. The Balaban J connectivity index is 1.93. The predicted octanol–water partition coefficient (Wildman–Crippen LogP) is 0.437. The van der Waals surface area contributed by atoms with E-state index in [1.54, 1.807) is 18.3 Å². The van der Waals surface area contributed by atoms with Crippen molar-refractivity contribution in [2.75, 3.05) is 25.4 Å². The van der Waals surface area contributed by atoms with E-state index in [4.69, 9.17) is 10.8 Å². The summed E-state index contributed by atoms with van der Waals surface area (Å²) in [5.74, 6) is 0.299. The largest absolute Gasteiger partial charge is 0.397 e. The van der Waals surface area contributed by atoms with E-state index in [0.29, 0.717) is 18.7 Å². The summed E-state index contributed by atoms with van der Waals surface area (Å²) in [5.41, 5.74) is 6.89. The molecule has 0 spiro atoms.